The fourth-order valence-corrected chi connectivity index (χ4v) is 3.97. The first-order valence-corrected chi connectivity index (χ1v) is 8.63. The zero-order valence-electron chi connectivity index (χ0n) is 14.5. The minimum atomic E-state index is -2.40. The second-order valence-corrected chi connectivity index (χ2v) is 6.60. The smallest absolute Gasteiger partial charge is 0.251 e. The van der Waals surface area contributed by atoms with Gasteiger partial charge in [-0.25, -0.2) is 8.78 Å². The van der Waals surface area contributed by atoms with Crippen LogP contribution in [0.2, 0.25) is 0 Å². The van der Waals surface area contributed by atoms with Crippen molar-refractivity contribution in [2.75, 3.05) is 20.2 Å². The number of methoxy groups -OCH3 is 1. The molecule has 0 spiro atoms. The normalized spacial score (nSPS) is 17.6. The van der Waals surface area contributed by atoms with Crippen LogP contribution in [-0.2, 0) is 6.42 Å². The Labute approximate surface area is 152 Å². The van der Waals surface area contributed by atoms with Gasteiger partial charge in [-0.05, 0) is 24.1 Å². The average molecular weight is 352 g/mol. The molecule has 0 amide bonds. The molecule has 0 fully saturated rings. The summed E-state index contributed by atoms with van der Waals surface area (Å²) in [5.74, 6) is 0.612. The summed E-state index contributed by atoms with van der Waals surface area (Å²) in [5, 5.41) is 1.15. The van der Waals surface area contributed by atoms with Crippen molar-refractivity contribution in [2.24, 2.45) is 0 Å². The molecule has 2 heterocycles. The van der Waals surface area contributed by atoms with Crippen molar-refractivity contribution >= 4 is 24.2 Å². The van der Waals surface area contributed by atoms with Gasteiger partial charge in [0.1, 0.15) is 13.6 Å². The van der Waals surface area contributed by atoms with Gasteiger partial charge < -0.3 is 9.72 Å². The van der Waals surface area contributed by atoms with Crippen molar-refractivity contribution in [1.82, 2.24) is 9.88 Å². The van der Waals surface area contributed by atoms with E-state index in [1.54, 1.807) is 19.2 Å². The van der Waals surface area contributed by atoms with Gasteiger partial charge in [-0.2, -0.15) is 0 Å². The molecule has 0 saturated carbocycles. The summed E-state index contributed by atoms with van der Waals surface area (Å²) in [6.07, 6.45) is -1.66. The van der Waals surface area contributed by atoms with Crippen LogP contribution in [0.15, 0.2) is 42.5 Å². The number of aromatic amines is 1. The summed E-state index contributed by atoms with van der Waals surface area (Å²) in [4.78, 5) is 5.28. The van der Waals surface area contributed by atoms with E-state index in [1.807, 2.05) is 29.2 Å². The molecule has 1 aromatic heterocycles. The molecule has 132 valence electrons. The van der Waals surface area contributed by atoms with Gasteiger partial charge in [0.15, 0.2) is 0 Å². The Morgan fingerprint density at radius 1 is 1.27 bits per heavy atom. The Balaban J connectivity index is 1.90. The van der Waals surface area contributed by atoms with Gasteiger partial charge in [0.25, 0.3) is 6.43 Å². The van der Waals surface area contributed by atoms with E-state index in [0.717, 1.165) is 28.6 Å². The zero-order chi connectivity index (χ0) is 18.3. The minimum absolute atomic E-state index is 0.285. The summed E-state index contributed by atoms with van der Waals surface area (Å²) in [5.41, 5.74) is 4.60. The number of benzene rings is 2. The molecule has 1 aliphatic heterocycles. The first kappa shape index (κ1) is 17.1. The Hall–Kier alpha value is -2.34. The third-order valence-corrected chi connectivity index (χ3v) is 5.06. The first-order chi connectivity index (χ1) is 12.6. The molecular weight excluding hydrogens is 333 g/mol. The second kappa shape index (κ2) is 6.76. The van der Waals surface area contributed by atoms with Crippen LogP contribution in [0.5, 0.6) is 5.75 Å². The van der Waals surface area contributed by atoms with Gasteiger partial charge in [0.05, 0.1) is 19.7 Å². The quantitative estimate of drug-likeness (QED) is 0.731. The van der Waals surface area contributed by atoms with Gasteiger partial charge in [0, 0.05) is 28.7 Å². The van der Waals surface area contributed by atoms with Crippen LogP contribution in [0.4, 0.5) is 8.78 Å². The number of alkyl halides is 2. The molecule has 0 bridgehead atoms. The van der Waals surface area contributed by atoms with Crippen LogP contribution >= 0.6 is 0 Å². The van der Waals surface area contributed by atoms with Crippen molar-refractivity contribution in [3.63, 3.8) is 0 Å². The van der Waals surface area contributed by atoms with Gasteiger partial charge in [-0.15, -0.1) is 0 Å². The number of fused-ring (bicyclic) bond motifs is 3. The van der Waals surface area contributed by atoms with Gasteiger partial charge >= 0.3 is 0 Å². The number of rotatable bonds is 4. The van der Waals surface area contributed by atoms with Crippen LogP contribution in [-0.4, -0.2) is 44.4 Å². The van der Waals surface area contributed by atoms with E-state index in [2.05, 4.69) is 11.1 Å². The molecule has 2 radical (unpaired) electrons. The topological polar surface area (TPSA) is 28.3 Å². The van der Waals surface area contributed by atoms with Crippen molar-refractivity contribution < 1.29 is 13.5 Å². The third kappa shape index (κ3) is 2.88. The van der Waals surface area contributed by atoms with Gasteiger partial charge in [-0.1, -0.05) is 35.8 Å². The fourth-order valence-electron chi connectivity index (χ4n) is 3.97. The lowest BCUT2D eigenvalue weighted by Gasteiger charge is -2.36. The Morgan fingerprint density at radius 3 is 2.85 bits per heavy atom. The van der Waals surface area contributed by atoms with E-state index in [0.29, 0.717) is 17.8 Å². The van der Waals surface area contributed by atoms with Crippen LogP contribution < -0.4 is 10.2 Å². The molecule has 3 nitrogen and oxygen atoms in total. The Bertz CT molecular complexity index is 941. The van der Waals surface area contributed by atoms with Crippen LogP contribution in [0, 0.1) is 0 Å². The molecule has 0 aliphatic carbocycles. The molecule has 3 aromatic rings. The predicted molar refractivity (Wildman–Crippen MR) is 99.8 cm³/mol. The minimum Gasteiger partial charge on any atom is -0.496 e. The monoisotopic (exact) mass is 352 g/mol. The molecule has 1 atom stereocenters. The number of para-hydroxylation sites is 1. The van der Waals surface area contributed by atoms with Crippen LogP contribution in [0.1, 0.15) is 22.9 Å². The molecular formula is C20H19BF2N2O. The molecule has 1 N–H and O–H groups in total. The standard InChI is InChI=1S/C20H19BF2N2O/c1-26-17-10-12(21)6-7-15(17)20-19-14(8-9-25(20)11-18(22)23)13-4-2-3-5-16(13)24-19/h2-7,10,18,20,24H,8-9,11H2,1H3. The fraction of sp³-hybridized carbons (Fsp3) is 0.300. The summed E-state index contributed by atoms with van der Waals surface area (Å²) in [6, 6.07) is 13.1. The van der Waals surface area contributed by atoms with Gasteiger partial charge in [-0.3, -0.25) is 4.90 Å². The number of hydrogen-bond donors (Lipinski definition) is 1. The average Bonchev–Trinajstić information content (AvgIpc) is 3.00. The van der Waals surface area contributed by atoms with Crippen molar-refractivity contribution in [2.45, 2.75) is 18.9 Å². The number of nitrogens with one attached hydrogen (secondary N) is 1. The Kier molecular flexibility index (Phi) is 4.45. The number of nitrogens with zero attached hydrogens (tertiary/aromatic N) is 1. The summed E-state index contributed by atoms with van der Waals surface area (Å²) in [6.45, 7) is 0.282. The van der Waals surface area contributed by atoms with E-state index in [1.165, 1.54) is 5.56 Å². The second-order valence-electron chi connectivity index (χ2n) is 6.60. The predicted octanol–water partition coefficient (Wildman–Crippen LogP) is 3.18. The number of ether oxygens (including phenoxy) is 1. The summed E-state index contributed by atoms with van der Waals surface area (Å²) in [7, 11) is 7.46. The van der Waals surface area contributed by atoms with Gasteiger partial charge in [0.2, 0.25) is 0 Å². The summed E-state index contributed by atoms with van der Waals surface area (Å²) >= 11 is 0. The molecule has 1 unspecified atom stereocenters. The number of H-pyrrole nitrogens is 1. The highest BCUT2D eigenvalue weighted by Crippen LogP contribution is 2.41. The molecule has 6 heteroatoms. The van der Waals surface area contributed by atoms with Crippen molar-refractivity contribution in [3.05, 3.63) is 59.3 Å². The maximum absolute atomic E-state index is 13.2. The zero-order valence-corrected chi connectivity index (χ0v) is 14.5. The summed E-state index contributed by atoms with van der Waals surface area (Å²) < 4.78 is 32.0. The largest absolute Gasteiger partial charge is 0.496 e. The van der Waals surface area contributed by atoms with Crippen LogP contribution in [0.3, 0.4) is 0 Å². The van der Waals surface area contributed by atoms with E-state index in [-0.39, 0.29) is 12.6 Å². The highest BCUT2D eigenvalue weighted by Gasteiger charge is 2.34. The molecule has 0 saturated heterocycles. The molecule has 1 aliphatic rings. The van der Waals surface area contributed by atoms with E-state index >= 15 is 0 Å². The van der Waals surface area contributed by atoms with E-state index in [4.69, 9.17) is 12.6 Å². The first-order valence-electron chi connectivity index (χ1n) is 8.63. The molecule has 4 rings (SSSR count). The number of halogens is 2. The lowest BCUT2D eigenvalue weighted by molar-refractivity contribution is 0.0691. The molecule has 2 aromatic carbocycles. The Morgan fingerprint density at radius 2 is 2.08 bits per heavy atom. The third-order valence-electron chi connectivity index (χ3n) is 5.06. The van der Waals surface area contributed by atoms with Crippen LogP contribution in [0.25, 0.3) is 10.9 Å². The lowest BCUT2D eigenvalue weighted by Crippen LogP contribution is -2.39. The molecule has 26 heavy (non-hydrogen) atoms. The van der Waals surface area contributed by atoms with Crippen molar-refractivity contribution in [1.29, 1.82) is 0 Å². The number of hydrogen-bond acceptors (Lipinski definition) is 2. The number of aromatic nitrogens is 1. The SMILES string of the molecule is [B]c1ccc(C2c3[nH]c4ccccc4c3CCN2CC(F)F)c(OC)c1. The lowest BCUT2D eigenvalue weighted by atomic mass is 9.88. The van der Waals surface area contributed by atoms with E-state index < -0.39 is 6.43 Å². The van der Waals surface area contributed by atoms with Crippen molar-refractivity contribution in [3.8, 4) is 5.75 Å². The highest BCUT2D eigenvalue weighted by atomic mass is 19.3. The maximum atomic E-state index is 13.2. The highest BCUT2D eigenvalue weighted by molar-refractivity contribution is 6.32. The van der Waals surface area contributed by atoms with E-state index in [9.17, 15) is 8.78 Å². The maximum Gasteiger partial charge on any atom is 0.251 e.